The van der Waals surface area contributed by atoms with Gasteiger partial charge >= 0.3 is 5.97 Å². The second kappa shape index (κ2) is 6.04. The van der Waals surface area contributed by atoms with E-state index in [0.717, 1.165) is 13.0 Å². The lowest BCUT2D eigenvalue weighted by molar-refractivity contribution is 0.0657. The number of carboxylic acids is 1. The fourth-order valence-corrected chi connectivity index (χ4v) is 2.54. The van der Waals surface area contributed by atoms with Crippen molar-refractivity contribution in [2.45, 2.75) is 19.4 Å². The van der Waals surface area contributed by atoms with Gasteiger partial charge in [0.05, 0.1) is 6.04 Å². The van der Waals surface area contributed by atoms with Crippen molar-refractivity contribution in [3.05, 3.63) is 46.0 Å². The molecule has 0 aliphatic carbocycles. The highest BCUT2D eigenvalue weighted by Crippen LogP contribution is 2.22. The highest BCUT2D eigenvalue weighted by molar-refractivity contribution is 7.09. The molecule has 2 rings (SSSR count). The largest absolute Gasteiger partial charge is 0.475 e. The van der Waals surface area contributed by atoms with Gasteiger partial charge in [0.25, 0.3) is 0 Å². The van der Waals surface area contributed by atoms with Crippen LogP contribution in [0.3, 0.4) is 0 Å². The fourth-order valence-electron chi connectivity index (χ4n) is 1.84. The van der Waals surface area contributed by atoms with Gasteiger partial charge in [0, 0.05) is 11.4 Å². The molecule has 19 heavy (non-hydrogen) atoms. The van der Waals surface area contributed by atoms with Crippen LogP contribution >= 0.6 is 11.3 Å². The number of furan rings is 1. The topological polar surface area (TPSA) is 53.7 Å². The molecule has 0 bridgehead atoms. The molecule has 0 saturated heterocycles. The third kappa shape index (κ3) is 3.45. The van der Waals surface area contributed by atoms with Crippen LogP contribution in [0.4, 0.5) is 0 Å². The number of thiophene rings is 1. The summed E-state index contributed by atoms with van der Waals surface area (Å²) in [6.07, 6.45) is 0.991. The maximum absolute atomic E-state index is 10.8. The molecule has 0 spiro atoms. The van der Waals surface area contributed by atoms with Crippen molar-refractivity contribution in [3.63, 3.8) is 0 Å². The molecular formula is C14H17NO3S. The Balaban J connectivity index is 1.93. The Morgan fingerprint density at radius 3 is 2.84 bits per heavy atom. The number of carboxylic acid groups (broad SMARTS) is 1. The van der Waals surface area contributed by atoms with Crippen LogP contribution in [0.2, 0.25) is 0 Å². The van der Waals surface area contributed by atoms with Crippen molar-refractivity contribution in [2.24, 2.45) is 0 Å². The average molecular weight is 279 g/mol. The summed E-state index contributed by atoms with van der Waals surface area (Å²) in [5, 5.41) is 10.9. The number of hydrogen-bond acceptors (Lipinski definition) is 4. The molecule has 4 nitrogen and oxygen atoms in total. The van der Waals surface area contributed by atoms with Crippen LogP contribution in [0.5, 0.6) is 0 Å². The number of hydrogen-bond donors (Lipinski definition) is 1. The highest BCUT2D eigenvalue weighted by Gasteiger charge is 2.17. The summed E-state index contributed by atoms with van der Waals surface area (Å²) < 4.78 is 5.33. The molecule has 0 radical (unpaired) electrons. The van der Waals surface area contributed by atoms with E-state index in [0.29, 0.717) is 5.76 Å². The Hall–Kier alpha value is -1.59. The Labute approximate surface area is 116 Å². The van der Waals surface area contributed by atoms with Gasteiger partial charge in [0.1, 0.15) is 5.76 Å². The number of nitrogens with zero attached hydrogens (tertiary/aromatic N) is 1. The van der Waals surface area contributed by atoms with E-state index in [2.05, 4.69) is 22.4 Å². The van der Waals surface area contributed by atoms with Gasteiger partial charge in [-0.15, -0.1) is 11.3 Å². The first kappa shape index (κ1) is 13.8. The molecule has 0 fully saturated rings. The zero-order valence-corrected chi connectivity index (χ0v) is 11.8. The lowest BCUT2D eigenvalue weighted by Crippen LogP contribution is -2.24. The Bertz CT molecular complexity index is 533. The maximum Gasteiger partial charge on any atom is 0.371 e. The van der Waals surface area contributed by atoms with Gasteiger partial charge in [-0.25, -0.2) is 4.79 Å². The maximum atomic E-state index is 10.8. The second-order valence-corrected chi connectivity index (χ2v) is 5.53. The standard InChI is InChI=1S/C14H17NO3S/c1-10(12-5-6-13(18-12)14(16)17)15(2)8-7-11-4-3-9-19-11/h3-6,9-10H,7-8H2,1-2H3,(H,16,17). The summed E-state index contributed by atoms with van der Waals surface area (Å²) in [6.45, 7) is 2.92. The molecule has 1 atom stereocenters. The number of rotatable bonds is 6. The SMILES string of the molecule is CC(c1ccc(C(=O)O)o1)N(C)CCc1cccs1. The van der Waals surface area contributed by atoms with E-state index in [1.165, 1.54) is 10.9 Å². The zero-order valence-electron chi connectivity index (χ0n) is 11.0. The normalized spacial score (nSPS) is 12.8. The van der Waals surface area contributed by atoms with Crippen molar-refractivity contribution in [1.29, 1.82) is 0 Å². The van der Waals surface area contributed by atoms with Crippen LogP contribution in [0.15, 0.2) is 34.1 Å². The van der Waals surface area contributed by atoms with Gasteiger partial charge in [-0.05, 0) is 44.0 Å². The third-order valence-electron chi connectivity index (χ3n) is 3.20. The van der Waals surface area contributed by atoms with Gasteiger partial charge in [-0.1, -0.05) is 6.07 Å². The monoisotopic (exact) mass is 279 g/mol. The Kier molecular flexibility index (Phi) is 4.39. The first-order valence-corrected chi connectivity index (χ1v) is 7.01. The van der Waals surface area contributed by atoms with Crippen molar-refractivity contribution in [3.8, 4) is 0 Å². The van der Waals surface area contributed by atoms with E-state index in [1.807, 2.05) is 14.0 Å². The first-order chi connectivity index (χ1) is 9.08. The highest BCUT2D eigenvalue weighted by atomic mass is 32.1. The molecule has 1 N–H and O–H groups in total. The Morgan fingerprint density at radius 2 is 2.26 bits per heavy atom. The van der Waals surface area contributed by atoms with E-state index in [-0.39, 0.29) is 11.8 Å². The van der Waals surface area contributed by atoms with Crippen LogP contribution in [0.1, 0.15) is 34.2 Å². The van der Waals surface area contributed by atoms with E-state index < -0.39 is 5.97 Å². The lowest BCUT2D eigenvalue weighted by Gasteiger charge is -2.22. The van der Waals surface area contributed by atoms with E-state index in [4.69, 9.17) is 9.52 Å². The van der Waals surface area contributed by atoms with Gasteiger partial charge in [0.15, 0.2) is 0 Å². The van der Waals surface area contributed by atoms with Crippen molar-refractivity contribution >= 4 is 17.3 Å². The average Bonchev–Trinajstić information content (AvgIpc) is 3.05. The third-order valence-corrected chi connectivity index (χ3v) is 4.14. The first-order valence-electron chi connectivity index (χ1n) is 6.13. The molecule has 0 aliphatic heterocycles. The van der Waals surface area contributed by atoms with Gasteiger partial charge in [-0.2, -0.15) is 0 Å². The molecule has 2 heterocycles. The van der Waals surface area contributed by atoms with Crippen LogP contribution in [-0.4, -0.2) is 29.6 Å². The summed E-state index contributed by atoms with van der Waals surface area (Å²) in [5.41, 5.74) is 0. The summed E-state index contributed by atoms with van der Waals surface area (Å²) in [4.78, 5) is 14.3. The quantitative estimate of drug-likeness (QED) is 0.881. The van der Waals surface area contributed by atoms with Crippen LogP contribution in [-0.2, 0) is 6.42 Å². The molecule has 5 heteroatoms. The van der Waals surface area contributed by atoms with Gasteiger partial charge < -0.3 is 9.52 Å². The molecule has 0 amide bonds. The van der Waals surface area contributed by atoms with Crippen LogP contribution in [0.25, 0.3) is 0 Å². The molecule has 0 aromatic carbocycles. The summed E-state index contributed by atoms with van der Waals surface area (Å²) >= 11 is 1.75. The molecular weight excluding hydrogens is 262 g/mol. The number of likely N-dealkylation sites (N-methyl/N-ethyl adjacent to an activating group) is 1. The minimum atomic E-state index is -1.03. The van der Waals surface area contributed by atoms with E-state index >= 15 is 0 Å². The van der Waals surface area contributed by atoms with Crippen LogP contribution in [0, 0.1) is 0 Å². The smallest absolute Gasteiger partial charge is 0.371 e. The Morgan fingerprint density at radius 1 is 1.47 bits per heavy atom. The summed E-state index contributed by atoms with van der Waals surface area (Å²) in [5.74, 6) is -0.348. The molecule has 2 aromatic rings. The van der Waals surface area contributed by atoms with E-state index in [9.17, 15) is 4.79 Å². The molecule has 1 unspecified atom stereocenters. The minimum Gasteiger partial charge on any atom is -0.475 e. The second-order valence-electron chi connectivity index (χ2n) is 4.49. The molecule has 102 valence electrons. The van der Waals surface area contributed by atoms with Crippen molar-refractivity contribution in [1.82, 2.24) is 4.90 Å². The van der Waals surface area contributed by atoms with E-state index in [1.54, 1.807) is 17.4 Å². The molecule has 2 aromatic heterocycles. The summed E-state index contributed by atoms with van der Waals surface area (Å²) in [6, 6.07) is 7.47. The van der Waals surface area contributed by atoms with Crippen molar-refractivity contribution in [2.75, 3.05) is 13.6 Å². The van der Waals surface area contributed by atoms with Gasteiger partial charge in [0.2, 0.25) is 5.76 Å². The number of aromatic carboxylic acids is 1. The van der Waals surface area contributed by atoms with Crippen molar-refractivity contribution < 1.29 is 14.3 Å². The zero-order chi connectivity index (χ0) is 13.8. The predicted octanol–water partition coefficient (Wildman–Crippen LogP) is 3.27. The molecule has 0 aliphatic rings. The summed E-state index contributed by atoms with van der Waals surface area (Å²) in [7, 11) is 2.02. The van der Waals surface area contributed by atoms with Crippen LogP contribution < -0.4 is 0 Å². The molecule has 0 saturated carbocycles. The minimum absolute atomic E-state index is 0.00601. The predicted molar refractivity (Wildman–Crippen MR) is 74.7 cm³/mol. The lowest BCUT2D eigenvalue weighted by atomic mass is 10.2. The number of carbonyl (C=O) groups is 1. The fraction of sp³-hybridized carbons (Fsp3) is 0.357. The van der Waals surface area contributed by atoms with Gasteiger partial charge in [-0.3, -0.25) is 4.90 Å².